The van der Waals surface area contributed by atoms with Crippen molar-refractivity contribution in [1.82, 2.24) is 5.32 Å². The summed E-state index contributed by atoms with van der Waals surface area (Å²) in [6, 6.07) is 3.82. The van der Waals surface area contributed by atoms with Gasteiger partial charge in [0.2, 0.25) is 0 Å². The molecule has 1 heterocycles. The molecule has 13 heavy (non-hydrogen) atoms. The van der Waals surface area contributed by atoms with Gasteiger partial charge in [0.05, 0.1) is 4.88 Å². The Morgan fingerprint density at radius 2 is 2.54 bits per heavy atom. The first-order chi connectivity index (χ1) is 6.20. The SMILES string of the molecule is CC(N)CCNC(=O)c1cccs1. The van der Waals surface area contributed by atoms with E-state index in [9.17, 15) is 4.79 Å². The molecule has 3 nitrogen and oxygen atoms in total. The number of rotatable bonds is 4. The van der Waals surface area contributed by atoms with E-state index in [2.05, 4.69) is 5.32 Å². The lowest BCUT2D eigenvalue weighted by Crippen LogP contribution is -2.28. The lowest BCUT2D eigenvalue weighted by atomic mass is 10.2. The van der Waals surface area contributed by atoms with Gasteiger partial charge in [0, 0.05) is 12.6 Å². The molecular formula is C9H14N2OS. The molecule has 1 aromatic rings. The van der Waals surface area contributed by atoms with E-state index in [1.165, 1.54) is 11.3 Å². The molecule has 1 amide bonds. The van der Waals surface area contributed by atoms with E-state index in [4.69, 9.17) is 5.73 Å². The molecule has 0 saturated heterocycles. The maximum absolute atomic E-state index is 11.3. The fraction of sp³-hybridized carbons (Fsp3) is 0.444. The molecule has 4 heteroatoms. The molecule has 1 rings (SSSR count). The van der Waals surface area contributed by atoms with Crippen molar-refractivity contribution in [2.24, 2.45) is 5.73 Å². The zero-order valence-corrected chi connectivity index (χ0v) is 8.43. The van der Waals surface area contributed by atoms with Crippen molar-refractivity contribution < 1.29 is 4.79 Å². The lowest BCUT2D eigenvalue weighted by molar-refractivity contribution is 0.0957. The van der Waals surface area contributed by atoms with Crippen LogP contribution in [-0.4, -0.2) is 18.5 Å². The zero-order chi connectivity index (χ0) is 9.68. The summed E-state index contributed by atoms with van der Waals surface area (Å²) in [5, 5.41) is 4.70. The summed E-state index contributed by atoms with van der Waals surface area (Å²) >= 11 is 1.45. The first kappa shape index (κ1) is 10.2. The third-order valence-corrected chi connectivity index (χ3v) is 2.50. The lowest BCUT2D eigenvalue weighted by Gasteiger charge is -2.05. The highest BCUT2D eigenvalue weighted by Crippen LogP contribution is 2.07. The first-order valence-electron chi connectivity index (χ1n) is 4.27. The molecule has 72 valence electrons. The summed E-state index contributed by atoms with van der Waals surface area (Å²) in [7, 11) is 0. The number of carbonyl (C=O) groups excluding carboxylic acids is 1. The van der Waals surface area contributed by atoms with Crippen LogP contribution in [0.4, 0.5) is 0 Å². The molecule has 0 fully saturated rings. The summed E-state index contributed by atoms with van der Waals surface area (Å²) in [5.41, 5.74) is 5.55. The van der Waals surface area contributed by atoms with Gasteiger partial charge < -0.3 is 11.1 Å². The van der Waals surface area contributed by atoms with Crippen LogP contribution in [0.15, 0.2) is 17.5 Å². The summed E-state index contributed by atoms with van der Waals surface area (Å²) in [4.78, 5) is 12.1. The maximum atomic E-state index is 11.3. The Morgan fingerprint density at radius 3 is 3.08 bits per heavy atom. The van der Waals surface area contributed by atoms with Crippen LogP contribution in [0.1, 0.15) is 23.0 Å². The second-order valence-electron chi connectivity index (χ2n) is 3.00. The number of amides is 1. The third-order valence-electron chi connectivity index (χ3n) is 1.63. The first-order valence-corrected chi connectivity index (χ1v) is 5.15. The quantitative estimate of drug-likeness (QED) is 0.764. The predicted octanol–water partition coefficient (Wildman–Crippen LogP) is 1.22. The average Bonchev–Trinajstić information content (AvgIpc) is 2.55. The molecule has 0 radical (unpaired) electrons. The molecular weight excluding hydrogens is 184 g/mol. The van der Waals surface area contributed by atoms with Gasteiger partial charge in [-0.15, -0.1) is 11.3 Å². The van der Waals surface area contributed by atoms with Crippen LogP contribution in [0.5, 0.6) is 0 Å². The smallest absolute Gasteiger partial charge is 0.261 e. The van der Waals surface area contributed by atoms with Gasteiger partial charge in [0.25, 0.3) is 5.91 Å². The summed E-state index contributed by atoms with van der Waals surface area (Å²) in [6.45, 7) is 2.58. The largest absolute Gasteiger partial charge is 0.351 e. The summed E-state index contributed by atoms with van der Waals surface area (Å²) < 4.78 is 0. The average molecular weight is 198 g/mol. The van der Waals surface area contributed by atoms with Crippen LogP contribution < -0.4 is 11.1 Å². The van der Waals surface area contributed by atoms with Crippen LogP contribution in [0.2, 0.25) is 0 Å². The molecule has 0 aliphatic carbocycles. The molecule has 0 bridgehead atoms. The van der Waals surface area contributed by atoms with Gasteiger partial charge in [0.15, 0.2) is 0 Å². The monoisotopic (exact) mass is 198 g/mol. The Balaban J connectivity index is 2.27. The number of hydrogen-bond donors (Lipinski definition) is 2. The number of nitrogens with two attached hydrogens (primary N) is 1. The van der Waals surface area contributed by atoms with Crippen molar-refractivity contribution in [2.45, 2.75) is 19.4 Å². The predicted molar refractivity (Wildman–Crippen MR) is 54.9 cm³/mol. The van der Waals surface area contributed by atoms with Gasteiger partial charge in [0.1, 0.15) is 0 Å². The third kappa shape index (κ3) is 3.57. The van der Waals surface area contributed by atoms with Gasteiger partial charge in [-0.1, -0.05) is 6.07 Å². The van der Waals surface area contributed by atoms with Crippen molar-refractivity contribution >= 4 is 17.2 Å². The molecule has 0 aliphatic rings. The van der Waals surface area contributed by atoms with Crippen molar-refractivity contribution in [3.8, 4) is 0 Å². The molecule has 0 saturated carbocycles. The highest BCUT2D eigenvalue weighted by molar-refractivity contribution is 7.12. The van der Waals surface area contributed by atoms with E-state index in [1.807, 2.05) is 24.4 Å². The zero-order valence-electron chi connectivity index (χ0n) is 7.62. The van der Waals surface area contributed by atoms with E-state index < -0.39 is 0 Å². The Hall–Kier alpha value is -0.870. The summed E-state index contributed by atoms with van der Waals surface area (Å²) in [6.07, 6.45) is 0.817. The van der Waals surface area contributed by atoms with Crippen molar-refractivity contribution in [3.63, 3.8) is 0 Å². The summed E-state index contributed by atoms with van der Waals surface area (Å²) in [5.74, 6) is -0.00403. The van der Waals surface area contributed by atoms with E-state index in [-0.39, 0.29) is 11.9 Å². The van der Waals surface area contributed by atoms with Crippen molar-refractivity contribution in [2.75, 3.05) is 6.54 Å². The van der Waals surface area contributed by atoms with E-state index in [1.54, 1.807) is 0 Å². The number of carbonyl (C=O) groups is 1. The van der Waals surface area contributed by atoms with E-state index >= 15 is 0 Å². The van der Waals surface area contributed by atoms with Crippen molar-refractivity contribution in [3.05, 3.63) is 22.4 Å². The van der Waals surface area contributed by atoms with E-state index in [0.717, 1.165) is 11.3 Å². The Morgan fingerprint density at radius 1 is 1.77 bits per heavy atom. The van der Waals surface area contributed by atoms with Gasteiger partial charge in [-0.25, -0.2) is 0 Å². The van der Waals surface area contributed by atoms with Crippen LogP contribution in [0.25, 0.3) is 0 Å². The number of hydrogen-bond acceptors (Lipinski definition) is 3. The fourth-order valence-electron chi connectivity index (χ4n) is 0.908. The molecule has 1 aromatic heterocycles. The molecule has 1 unspecified atom stereocenters. The second kappa shape index (κ2) is 4.99. The van der Waals surface area contributed by atoms with Gasteiger partial charge >= 0.3 is 0 Å². The minimum absolute atomic E-state index is 0.00403. The minimum Gasteiger partial charge on any atom is -0.351 e. The Bertz CT molecular complexity index is 257. The Kier molecular flexibility index (Phi) is 3.92. The molecule has 3 N–H and O–H groups in total. The number of thiophene rings is 1. The molecule has 0 aromatic carbocycles. The number of nitrogens with one attached hydrogen (secondary N) is 1. The molecule has 0 aliphatic heterocycles. The fourth-order valence-corrected chi connectivity index (χ4v) is 1.55. The van der Waals surface area contributed by atoms with Crippen LogP contribution in [-0.2, 0) is 0 Å². The Labute approximate surface area is 81.9 Å². The molecule has 0 spiro atoms. The van der Waals surface area contributed by atoms with Crippen molar-refractivity contribution in [1.29, 1.82) is 0 Å². The standard InChI is InChI=1S/C9H14N2OS/c1-7(10)4-5-11-9(12)8-3-2-6-13-8/h2-3,6-7H,4-5,10H2,1H3,(H,11,12). The maximum Gasteiger partial charge on any atom is 0.261 e. The second-order valence-corrected chi connectivity index (χ2v) is 3.95. The van der Waals surface area contributed by atoms with Crippen LogP contribution >= 0.6 is 11.3 Å². The topological polar surface area (TPSA) is 55.1 Å². The molecule has 1 atom stereocenters. The van der Waals surface area contributed by atoms with Gasteiger partial charge in [-0.2, -0.15) is 0 Å². The highest BCUT2D eigenvalue weighted by atomic mass is 32.1. The van der Waals surface area contributed by atoms with Gasteiger partial charge in [-0.3, -0.25) is 4.79 Å². The highest BCUT2D eigenvalue weighted by Gasteiger charge is 2.04. The van der Waals surface area contributed by atoms with Crippen LogP contribution in [0, 0.1) is 0 Å². The van der Waals surface area contributed by atoms with E-state index in [0.29, 0.717) is 6.54 Å². The van der Waals surface area contributed by atoms with Crippen LogP contribution in [0.3, 0.4) is 0 Å². The van der Waals surface area contributed by atoms with Gasteiger partial charge in [-0.05, 0) is 24.8 Å². The normalized spacial score (nSPS) is 12.5. The minimum atomic E-state index is -0.00403.